The minimum atomic E-state index is -2.90. The van der Waals surface area contributed by atoms with Crippen LogP contribution in [0, 0.1) is 0 Å². The van der Waals surface area contributed by atoms with Crippen LogP contribution in [0.4, 0.5) is 8.78 Å². The molecule has 0 heterocycles. The number of hydrogen-bond acceptors (Lipinski definition) is 3. The second kappa shape index (κ2) is 5.52. The number of amides is 1. The van der Waals surface area contributed by atoms with E-state index in [1.54, 1.807) is 0 Å². The largest absolute Gasteiger partial charge is 0.435 e. The molecule has 1 fully saturated rings. The van der Waals surface area contributed by atoms with Crippen LogP contribution in [0.1, 0.15) is 29.6 Å². The number of ether oxygens (including phenoxy) is 1. The fourth-order valence-electron chi connectivity index (χ4n) is 1.98. The van der Waals surface area contributed by atoms with Crippen molar-refractivity contribution < 1.29 is 18.3 Å². The van der Waals surface area contributed by atoms with Crippen molar-refractivity contribution in [2.45, 2.75) is 31.4 Å². The van der Waals surface area contributed by atoms with Gasteiger partial charge in [-0.3, -0.25) is 4.79 Å². The van der Waals surface area contributed by atoms with E-state index >= 15 is 0 Å². The molecule has 0 atom stereocenters. The molecule has 0 unspecified atom stereocenters. The van der Waals surface area contributed by atoms with Gasteiger partial charge in [0.25, 0.3) is 5.91 Å². The molecule has 2 rings (SSSR count). The summed E-state index contributed by atoms with van der Waals surface area (Å²) in [4.78, 5) is 11.9. The van der Waals surface area contributed by atoms with Gasteiger partial charge in [-0.2, -0.15) is 8.78 Å². The third-order valence-corrected chi connectivity index (χ3v) is 3.27. The molecule has 0 bridgehead atoms. The van der Waals surface area contributed by atoms with Crippen LogP contribution in [0.25, 0.3) is 0 Å². The van der Waals surface area contributed by atoms with Crippen LogP contribution in [0.2, 0.25) is 0 Å². The van der Waals surface area contributed by atoms with Crippen molar-refractivity contribution in [2.24, 2.45) is 5.73 Å². The average molecular weight is 270 g/mol. The maximum atomic E-state index is 12.1. The van der Waals surface area contributed by atoms with Crippen LogP contribution in [-0.4, -0.2) is 24.6 Å². The third-order valence-electron chi connectivity index (χ3n) is 3.27. The van der Waals surface area contributed by atoms with Crippen molar-refractivity contribution in [2.75, 3.05) is 6.54 Å². The summed E-state index contributed by atoms with van der Waals surface area (Å²) in [6.07, 6.45) is 2.85. The summed E-state index contributed by atoms with van der Waals surface area (Å²) in [6.45, 7) is -2.51. The Bertz CT molecular complexity index is 462. The number of halogens is 2. The maximum Gasteiger partial charge on any atom is 0.387 e. The first kappa shape index (κ1) is 13.7. The quantitative estimate of drug-likeness (QED) is 0.859. The second-order valence-electron chi connectivity index (χ2n) is 4.80. The van der Waals surface area contributed by atoms with E-state index in [0.717, 1.165) is 19.3 Å². The molecule has 4 nitrogen and oxygen atoms in total. The number of benzene rings is 1. The number of carbonyl (C=O) groups excluding carboxylic acids is 1. The Morgan fingerprint density at radius 1 is 1.47 bits per heavy atom. The van der Waals surface area contributed by atoms with Crippen LogP contribution in [0.5, 0.6) is 5.75 Å². The molecular formula is C13H16F2N2O2. The lowest BCUT2D eigenvalue weighted by atomic mass is 9.78. The van der Waals surface area contributed by atoms with Crippen molar-refractivity contribution >= 4 is 5.91 Å². The maximum absolute atomic E-state index is 12.1. The fraction of sp³-hybridized carbons (Fsp3) is 0.462. The number of hydrogen-bond donors (Lipinski definition) is 2. The Hall–Kier alpha value is -1.69. The first-order valence-corrected chi connectivity index (χ1v) is 6.10. The number of alkyl halides is 2. The lowest BCUT2D eigenvalue weighted by Crippen LogP contribution is -2.54. The standard InChI is InChI=1S/C13H16F2N2O2/c14-12(15)19-10-4-1-3-9(7-10)11(18)17-8-13(16)5-2-6-13/h1,3-4,7,12H,2,5-6,8,16H2,(H,17,18). The van der Waals surface area contributed by atoms with Gasteiger partial charge in [-0.15, -0.1) is 0 Å². The lowest BCUT2D eigenvalue weighted by molar-refractivity contribution is -0.0498. The molecule has 104 valence electrons. The summed E-state index contributed by atoms with van der Waals surface area (Å²) in [5.74, 6) is -0.370. The van der Waals surface area contributed by atoms with Crippen LogP contribution in [0.3, 0.4) is 0 Å². The van der Waals surface area contributed by atoms with E-state index in [0.29, 0.717) is 6.54 Å². The van der Waals surface area contributed by atoms with Gasteiger partial charge in [0.15, 0.2) is 0 Å². The molecule has 19 heavy (non-hydrogen) atoms. The molecule has 0 radical (unpaired) electrons. The molecule has 0 spiro atoms. The molecule has 3 N–H and O–H groups in total. The molecule has 1 saturated carbocycles. The minimum absolute atomic E-state index is 0.0336. The van der Waals surface area contributed by atoms with E-state index in [2.05, 4.69) is 10.1 Å². The summed E-state index contributed by atoms with van der Waals surface area (Å²) in [7, 11) is 0. The summed E-state index contributed by atoms with van der Waals surface area (Å²) < 4.78 is 28.4. The van der Waals surface area contributed by atoms with Crippen LogP contribution in [-0.2, 0) is 0 Å². The summed E-state index contributed by atoms with van der Waals surface area (Å²) >= 11 is 0. The highest BCUT2D eigenvalue weighted by Gasteiger charge is 2.32. The van der Waals surface area contributed by atoms with Gasteiger partial charge in [0.05, 0.1) is 0 Å². The fourth-order valence-corrected chi connectivity index (χ4v) is 1.98. The van der Waals surface area contributed by atoms with Gasteiger partial charge in [0.2, 0.25) is 0 Å². The van der Waals surface area contributed by atoms with Crippen LogP contribution >= 0.6 is 0 Å². The Morgan fingerprint density at radius 2 is 2.21 bits per heavy atom. The van der Waals surface area contributed by atoms with Crippen LogP contribution < -0.4 is 15.8 Å². The highest BCUT2D eigenvalue weighted by molar-refractivity contribution is 5.94. The zero-order valence-corrected chi connectivity index (χ0v) is 10.4. The second-order valence-corrected chi connectivity index (χ2v) is 4.80. The van der Waals surface area contributed by atoms with Gasteiger partial charge in [0.1, 0.15) is 5.75 Å². The topological polar surface area (TPSA) is 64.3 Å². The van der Waals surface area contributed by atoms with Gasteiger partial charge in [-0.1, -0.05) is 6.07 Å². The van der Waals surface area contributed by atoms with Gasteiger partial charge < -0.3 is 15.8 Å². The molecule has 1 aliphatic rings. The number of rotatable bonds is 5. The molecule has 1 amide bonds. The SMILES string of the molecule is NC1(CNC(=O)c2cccc(OC(F)F)c2)CCC1. The van der Waals surface area contributed by atoms with Crippen molar-refractivity contribution in [3.63, 3.8) is 0 Å². The summed E-state index contributed by atoms with van der Waals surface area (Å²) in [5, 5.41) is 2.71. The first-order valence-electron chi connectivity index (χ1n) is 6.10. The molecule has 1 aromatic carbocycles. The molecule has 6 heteroatoms. The highest BCUT2D eigenvalue weighted by atomic mass is 19.3. The van der Waals surface area contributed by atoms with E-state index in [1.165, 1.54) is 24.3 Å². The van der Waals surface area contributed by atoms with Gasteiger partial charge in [-0.25, -0.2) is 0 Å². The number of nitrogens with two attached hydrogens (primary N) is 1. The molecule has 1 aliphatic carbocycles. The normalized spacial score (nSPS) is 16.8. The molecule has 0 aliphatic heterocycles. The van der Waals surface area contributed by atoms with Crippen molar-refractivity contribution in [1.29, 1.82) is 0 Å². The Morgan fingerprint density at radius 3 is 2.79 bits per heavy atom. The van der Waals surface area contributed by atoms with Crippen LogP contribution in [0.15, 0.2) is 24.3 Å². The number of nitrogens with one attached hydrogen (secondary N) is 1. The monoisotopic (exact) mass is 270 g/mol. The summed E-state index contributed by atoms with van der Waals surface area (Å²) in [6, 6.07) is 5.69. The summed E-state index contributed by atoms with van der Waals surface area (Å²) in [5.41, 5.74) is 5.95. The Labute approximate surface area is 109 Å². The van der Waals surface area contributed by atoms with E-state index in [1.807, 2.05) is 0 Å². The van der Waals surface area contributed by atoms with Crippen molar-refractivity contribution in [3.8, 4) is 5.75 Å². The molecular weight excluding hydrogens is 254 g/mol. The smallest absolute Gasteiger partial charge is 0.387 e. The average Bonchev–Trinajstić information content (AvgIpc) is 2.33. The minimum Gasteiger partial charge on any atom is -0.435 e. The zero-order chi connectivity index (χ0) is 13.9. The van der Waals surface area contributed by atoms with E-state index in [9.17, 15) is 13.6 Å². The Balaban J connectivity index is 1.94. The van der Waals surface area contributed by atoms with E-state index < -0.39 is 6.61 Å². The number of carbonyl (C=O) groups is 1. The van der Waals surface area contributed by atoms with Crippen molar-refractivity contribution in [3.05, 3.63) is 29.8 Å². The molecule has 0 saturated heterocycles. The lowest BCUT2D eigenvalue weighted by Gasteiger charge is -2.38. The molecule has 0 aromatic heterocycles. The zero-order valence-electron chi connectivity index (χ0n) is 10.4. The highest BCUT2D eigenvalue weighted by Crippen LogP contribution is 2.28. The third kappa shape index (κ3) is 3.64. The predicted molar refractivity (Wildman–Crippen MR) is 66.2 cm³/mol. The van der Waals surface area contributed by atoms with Gasteiger partial charge in [0, 0.05) is 17.6 Å². The van der Waals surface area contributed by atoms with Crippen molar-refractivity contribution in [1.82, 2.24) is 5.32 Å². The first-order chi connectivity index (χ1) is 8.98. The van der Waals surface area contributed by atoms with Gasteiger partial charge in [-0.05, 0) is 37.5 Å². The van der Waals surface area contributed by atoms with Gasteiger partial charge >= 0.3 is 6.61 Å². The Kier molecular flexibility index (Phi) is 3.99. The predicted octanol–water partition coefficient (Wildman–Crippen LogP) is 1.90. The van der Waals surface area contributed by atoms with E-state index in [-0.39, 0.29) is 22.8 Å². The molecule has 1 aromatic rings. The van der Waals surface area contributed by atoms with E-state index in [4.69, 9.17) is 5.73 Å².